The first-order valence-corrected chi connectivity index (χ1v) is 14.9. The first-order valence-electron chi connectivity index (χ1n) is 12.0. The molecule has 0 spiro atoms. The number of ether oxygens (including phenoxy) is 1. The molecule has 2 N–H and O–H groups in total. The molecule has 2 aromatic rings. The molecule has 0 bridgehead atoms. The number of aliphatic hydroxyl groups is 2. The van der Waals surface area contributed by atoms with E-state index in [1.165, 1.54) is 0 Å². The number of aliphatic hydroxyl groups excluding tert-OH is 1. The first kappa shape index (κ1) is 27.7. The van der Waals surface area contributed by atoms with E-state index in [1.54, 1.807) is 0 Å². The van der Waals surface area contributed by atoms with Crippen LogP contribution in [-0.2, 0) is 14.9 Å². The number of hydrogen-bond donors (Lipinski definition) is 2. The summed E-state index contributed by atoms with van der Waals surface area (Å²) < 4.78 is 13.2. The van der Waals surface area contributed by atoms with Gasteiger partial charge in [-0.15, -0.1) is 0 Å². The SMILES string of the molecule is CC(C)(C)CC(OCCO)C(c1ccccc1)C(O)(O[Si](C)(C)C(C)(C)C)c1ccccc1. The van der Waals surface area contributed by atoms with E-state index in [1.807, 2.05) is 60.7 Å². The van der Waals surface area contributed by atoms with Gasteiger partial charge < -0.3 is 19.4 Å². The minimum Gasteiger partial charge on any atom is -0.394 e. The lowest BCUT2D eigenvalue weighted by Gasteiger charge is -2.48. The molecule has 2 rings (SSSR count). The highest BCUT2D eigenvalue weighted by atomic mass is 28.4. The molecule has 4 nitrogen and oxygen atoms in total. The van der Waals surface area contributed by atoms with Crippen LogP contribution in [0.25, 0.3) is 0 Å². The van der Waals surface area contributed by atoms with Crippen molar-refractivity contribution in [2.75, 3.05) is 13.2 Å². The van der Waals surface area contributed by atoms with Crippen LogP contribution in [0.4, 0.5) is 0 Å². The van der Waals surface area contributed by atoms with Gasteiger partial charge in [-0.2, -0.15) is 0 Å². The van der Waals surface area contributed by atoms with Gasteiger partial charge in [0.05, 0.1) is 25.2 Å². The topological polar surface area (TPSA) is 58.9 Å². The molecule has 0 amide bonds. The average Bonchev–Trinajstić information content (AvgIpc) is 2.71. The van der Waals surface area contributed by atoms with Crippen molar-refractivity contribution in [3.05, 3.63) is 71.8 Å². The maximum Gasteiger partial charge on any atom is 0.196 e. The van der Waals surface area contributed by atoms with Gasteiger partial charge in [-0.05, 0) is 35.5 Å². The standard InChI is InChI=1S/C28H44O4Si/c1-26(2,3)21-24(31-20-19-29)25(22-15-11-9-12-16-22)28(30,23-17-13-10-14-18-23)32-33(7,8)27(4,5)6/h9-18,24-25,29-30H,19-21H2,1-8H3. The lowest BCUT2D eigenvalue weighted by Crippen LogP contribution is -2.53. The molecular formula is C28H44O4Si. The molecule has 33 heavy (non-hydrogen) atoms. The minimum atomic E-state index is -2.41. The second-order valence-corrected chi connectivity index (χ2v) is 16.4. The van der Waals surface area contributed by atoms with Crippen molar-refractivity contribution in [2.24, 2.45) is 5.41 Å². The summed E-state index contributed by atoms with van der Waals surface area (Å²) in [5.41, 5.74) is 1.62. The van der Waals surface area contributed by atoms with Crippen LogP contribution in [-0.4, -0.2) is 37.8 Å². The zero-order valence-corrected chi connectivity index (χ0v) is 22.8. The molecule has 0 aliphatic carbocycles. The monoisotopic (exact) mass is 472 g/mol. The van der Waals surface area contributed by atoms with Crippen LogP contribution < -0.4 is 0 Å². The van der Waals surface area contributed by atoms with E-state index >= 15 is 0 Å². The summed E-state index contributed by atoms with van der Waals surface area (Å²) >= 11 is 0. The van der Waals surface area contributed by atoms with Crippen molar-refractivity contribution >= 4 is 8.32 Å². The Bertz CT molecular complexity index is 840. The van der Waals surface area contributed by atoms with Gasteiger partial charge in [0, 0.05) is 5.56 Å². The molecule has 2 aromatic carbocycles. The van der Waals surface area contributed by atoms with Crippen LogP contribution in [0.15, 0.2) is 60.7 Å². The highest BCUT2D eigenvalue weighted by Crippen LogP contribution is 2.49. The number of rotatable bonds is 10. The Morgan fingerprint density at radius 1 is 0.848 bits per heavy atom. The van der Waals surface area contributed by atoms with Crippen LogP contribution in [0, 0.1) is 5.41 Å². The summed E-state index contributed by atoms with van der Waals surface area (Å²) in [7, 11) is -2.41. The van der Waals surface area contributed by atoms with E-state index in [0.29, 0.717) is 6.42 Å². The molecule has 0 saturated carbocycles. The fraction of sp³-hybridized carbons (Fsp3) is 0.571. The van der Waals surface area contributed by atoms with Gasteiger partial charge >= 0.3 is 0 Å². The van der Waals surface area contributed by atoms with E-state index < -0.39 is 20.0 Å². The molecule has 0 aliphatic heterocycles. The van der Waals surface area contributed by atoms with Gasteiger partial charge in [0.25, 0.3) is 0 Å². The Labute approximate surface area is 202 Å². The predicted molar refractivity (Wildman–Crippen MR) is 139 cm³/mol. The summed E-state index contributed by atoms with van der Waals surface area (Å²) in [5, 5.41) is 22.1. The third kappa shape index (κ3) is 7.24. The molecule has 3 atom stereocenters. The van der Waals surface area contributed by atoms with Gasteiger partial charge in [0.2, 0.25) is 0 Å². The normalized spacial score (nSPS) is 16.8. The van der Waals surface area contributed by atoms with Crippen molar-refractivity contribution in [1.29, 1.82) is 0 Å². The van der Waals surface area contributed by atoms with Crippen LogP contribution in [0.5, 0.6) is 0 Å². The van der Waals surface area contributed by atoms with Crippen LogP contribution in [0.3, 0.4) is 0 Å². The Morgan fingerprint density at radius 2 is 1.36 bits per heavy atom. The first-order chi connectivity index (χ1) is 15.2. The van der Waals surface area contributed by atoms with E-state index in [0.717, 1.165) is 11.1 Å². The Hall–Kier alpha value is -1.50. The molecule has 0 saturated heterocycles. The third-order valence-electron chi connectivity index (χ3n) is 6.59. The maximum absolute atomic E-state index is 12.6. The molecule has 0 aromatic heterocycles. The molecular weight excluding hydrogens is 428 g/mol. The summed E-state index contributed by atoms with van der Waals surface area (Å²) in [6.45, 7) is 17.5. The zero-order chi connectivity index (χ0) is 24.9. The van der Waals surface area contributed by atoms with Crippen molar-refractivity contribution in [3.8, 4) is 0 Å². The van der Waals surface area contributed by atoms with Crippen molar-refractivity contribution < 1.29 is 19.4 Å². The molecule has 3 unspecified atom stereocenters. The van der Waals surface area contributed by atoms with Crippen molar-refractivity contribution in [2.45, 2.75) is 83.9 Å². The largest absolute Gasteiger partial charge is 0.394 e. The summed E-state index contributed by atoms with van der Waals surface area (Å²) in [5.74, 6) is -2.09. The van der Waals surface area contributed by atoms with E-state index in [4.69, 9.17) is 9.16 Å². The second kappa shape index (κ2) is 10.8. The fourth-order valence-corrected chi connectivity index (χ4v) is 5.28. The predicted octanol–water partition coefficient (Wildman–Crippen LogP) is 6.45. The maximum atomic E-state index is 12.6. The number of benzene rings is 2. The smallest absolute Gasteiger partial charge is 0.196 e. The third-order valence-corrected chi connectivity index (χ3v) is 11.0. The molecule has 184 valence electrons. The Kier molecular flexibility index (Phi) is 9.10. The molecule has 0 radical (unpaired) electrons. The summed E-state index contributed by atoms with van der Waals surface area (Å²) in [4.78, 5) is 0. The average molecular weight is 473 g/mol. The lowest BCUT2D eigenvalue weighted by atomic mass is 9.76. The van der Waals surface area contributed by atoms with Gasteiger partial charge in [0.15, 0.2) is 14.1 Å². The van der Waals surface area contributed by atoms with Gasteiger partial charge in [0.1, 0.15) is 0 Å². The quantitative estimate of drug-likeness (QED) is 0.308. The zero-order valence-electron chi connectivity index (χ0n) is 21.8. The van der Waals surface area contributed by atoms with Crippen LogP contribution in [0.2, 0.25) is 18.1 Å². The van der Waals surface area contributed by atoms with Crippen LogP contribution in [0.1, 0.15) is 65.0 Å². The highest BCUT2D eigenvalue weighted by Gasteiger charge is 2.52. The molecule has 5 heteroatoms. The van der Waals surface area contributed by atoms with Gasteiger partial charge in [-0.3, -0.25) is 0 Å². The van der Waals surface area contributed by atoms with Crippen molar-refractivity contribution in [3.63, 3.8) is 0 Å². The summed E-state index contributed by atoms with van der Waals surface area (Å²) in [6.07, 6.45) is 0.331. The second-order valence-electron chi connectivity index (χ2n) is 11.7. The molecule has 0 fully saturated rings. The minimum absolute atomic E-state index is 0.0538. The molecule has 0 heterocycles. The van der Waals surface area contributed by atoms with E-state index in [9.17, 15) is 10.2 Å². The Balaban J connectivity index is 2.77. The molecule has 0 aliphatic rings. The summed E-state index contributed by atoms with van der Waals surface area (Å²) in [6, 6.07) is 19.7. The van der Waals surface area contributed by atoms with E-state index in [-0.39, 0.29) is 29.8 Å². The number of hydrogen-bond acceptors (Lipinski definition) is 4. The van der Waals surface area contributed by atoms with Crippen LogP contribution >= 0.6 is 0 Å². The fourth-order valence-electron chi connectivity index (χ4n) is 3.95. The van der Waals surface area contributed by atoms with Crippen molar-refractivity contribution in [1.82, 2.24) is 0 Å². The highest BCUT2D eigenvalue weighted by molar-refractivity contribution is 6.74. The Morgan fingerprint density at radius 3 is 1.82 bits per heavy atom. The lowest BCUT2D eigenvalue weighted by molar-refractivity contribution is -0.203. The van der Waals surface area contributed by atoms with Gasteiger partial charge in [-0.25, -0.2) is 0 Å². The van der Waals surface area contributed by atoms with Gasteiger partial charge in [-0.1, -0.05) is 102 Å². The van der Waals surface area contributed by atoms with E-state index in [2.05, 4.69) is 54.6 Å².